The molecule has 17 heavy (non-hydrogen) atoms. The lowest BCUT2D eigenvalue weighted by molar-refractivity contribution is -0.115. The van der Waals surface area contributed by atoms with E-state index in [9.17, 15) is 4.79 Å². The molecule has 3 heteroatoms. The molecule has 0 spiro atoms. The first-order valence-corrected chi connectivity index (χ1v) is 6.83. The third-order valence-corrected chi connectivity index (χ3v) is 2.73. The Morgan fingerprint density at radius 2 is 1.82 bits per heavy atom. The Kier molecular flexibility index (Phi) is 12.9. The lowest BCUT2D eigenvalue weighted by Gasteiger charge is -2.00. The smallest absolute Gasteiger partial charge is 0.180 e. The normalized spacial score (nSPS) is 11.6. The third kappa shape index (κ3) is 10.2. The fraction of sp³-hybridized carbons (Fsp3) is 0.571. The minimum Gasteiger partial charge on any atom is -0.292 e. The van der Waals surface area contributed by atoms with E-state index in [0.717, 1.165) is 16.6 Å². The van der Waals surface area contributed by atoms with Gasteiger partial charge in [0.25, 0.3) is 0 Å². The molecule has 0 aliphatic carbocycles. The van der Waals surface area contributed by atoms with Crippen molar-refractivity contribution in [3.8, 4) is 0 Å². The summed E-state index contributed by atoms with van der Waals surface area (Å²) in [5, 5.41) is 0. The molecule has 0 saturated heterocycles. The van der Waals surface area contributed by atoms with Gasteiger partial charge in [0.1, 0.15) is 0 Å². The summed E-state index contributed by atoms with van der Waals surface area (Å²) >= 11 is 3.34. The number of nitrogens with zero attached hydrogens (tertiary/aromatic N) is 1. The first-order chi connectivity index (χ1) is 7.94. The zero-order valence-corrected chi connectivity index (χ0v) is 13.2. The van der Waals surface area contributed by atoms with E-state index >= 15 is 0 Å². The fourth-order valence-electron chi connectivity index (χ4n) is 0.898. The van der Waals surface area contributed by atoms with Crippen LogP contribution in [0.3, 0.4) is 0 Å². The molecule has 0 aliphatic rings. The third-order valence-electron chi connectivity index (χ3n) is 1.70. The minimum absolute atomic E-state index is 0.0169. The molecule has 0 atom stereocenters. The average molecular weight is 302 g/mol. The number of Topliss-reactive ketones (excluding diaryl/α,β-unsaturated/α-hetero) is 1. The van der Waals surface area contributed by atoms with Crippen molar-refractivity contribution in [1.82, 2.24) is 0 Å². The van der Waals surface area contributed by atoms with Crippen molar-refractivity contribution in [2.75, 3.05) is 0 Å². The molecule has 0 rings (SSSR count). The van der Waals surface area contributed by atoms with E-state index in [-0.39, 0.29) is 5.78 Å². The zero-order chi connectivity index (χ0) is 13.8. The van der Waals surface area contributed by atoms with Crippen LogP contribution in [0.2, 0.25) is 0 Å². The van der Waals surface area contributed by atoms with Gasteiger partial charge in [0.15, 0.2) is 5.78 Å². The molecular formula is C14H24BrNO. The molecule has 0 fully saturated rings. The van der Waals surface area contributed by atoms with Crippen LogP contribution < -0.4 is 0 Å². The summed E-state index contributed by atoms with van der Waals surface area (Å²) in [6, 6.07) is 0. The highest BCUT2D eigenvalue weighted by atomic mass is 79.9. The highest BCUT2D eigenvalue weighted by molar-refractivity contribution is 9.12. The van der Waals surface area contributed by atoms with E-state index < -0.39 is 0 Å². The Morgan fingerprint density at radius 3 is 2.18 bits per heavy atom. The first-order valence-electron chi connectivity index (χ1n) is 6.03. The standard InChI is InChI=1S/C11H16BrNO.C3H8/c1-5-7-11(14)9(4)13-8(3)10(12)6-2;1-3-2/h6H,4-5,7H2,1-3H3;3H2,1-2H3/b10-6+,13-8?;. The molecule has 0 aromatic heterocycles. The largest absolute Gasteiger partial charge is 0.292 e. The van der Waals surface area contributed by atoms with Crippen LogP contribution in [-0.2, 0) is 4.79 Å². The van der Waals surface area contributed by atoms with Crippen LogP contribution in [0, 0.1) is 0 Å². The van der Waals surface area contributed by atoms with E-state index in [1.165, 1.54) is 6.42 Å². The van der Waals surface area contributed by atoms with Gasteiger partial charge in [0.2, 0.25) is 0 Å². The van der Waals surface area contributed by atoms with Crippen LogP contribution in [0.1, 0.15) is 53.9 Å². The summed E-state index contributed by atoms with van der Waals surface area (Å²) < 4.78 is 0.892. The maximum Gasteiger partial charge on any atom is 0.180 e. The molecule has 2 nitrogen and oxygen atoms in total. The molecule has 0 amide bonds. The number of ketones is 1. The molecule has 0 aliphatic heterocycles. The SMILES string of the molecule is C=C(N=C(C)/C(Br)=C\C)C(=O)CCC.CCC. The first kappa shape index (κ1) is 18.7. The Hall–Kier alpha value is -0.700. The van der Waals surface area contributed by atoms with Gasteiger partial charge in [0, 0.05) is 10.9 Å². The predicted molar refractivity (Wildman–Crippen MR) is 80.8 cm³/mol. The molecule has 0 aromatic rings. The van der Waals surface area contributed by atoms with Crippen molar-refractivity contribution in [1.29, 1.82) is 0 Å². The van der Waals surface area contributed by atoms with Crippen LogP contribution >= 0.6 is 15.9 Å². The molecule has 0 saturated carbocycles. The van der Waals surface area contributed by atoms with Crippen molar-refractivity contribution in [3.63, 3.8) is 0 Å². The van der Waals surface area contributed by atoms with Crippen LogP contribution in [0.5, 0.6) is 0 Å². The van der Waals surface area contributed by atoms with Crippen LogP contribution in [0.4, 0.5) is 0 Å². The van der Waals surface area contributed by atoms with Crippen molar-refractivity contribution < 1.29 is 4.79 Å². The van der Waals surface area contributed by atoms with Gasteiger partial charge in [-0.1, -0.05) is 39.8 Å². The van der Waals surface area contributed by atoms with E-state index in [2.05, 4.69) is 41.3 Å². The second kappa shape index (κ2) is 11.8. The highest BCUT2D eigenvalue weighted by Gasteiger charge is 2.05. The lowest BCUT2D eigenvalue weighted by atomic mass is 10.2. The summed E-state index contributed by atoms with van der Waals surface area (Å²) in [4.78, 5) is 15.5. The summed E-state index contributed by atoms with van der Waals surface area (Å²) in [5.41, 5.74) is 1.12. The van der Waals surface area contributed by atoms with Gasteiger partial charge in [-0.05, 0) is 36.2 Å². The fourth-order valence-corrected chi connectivity index (χ4v) is 0.987. The van der Waals surface area contributed by atoms with Gasteiger partial charge in [-0.15, -0.1) is 0 Å². The molecule has 0 N–H and O–H groups in total. The van der Waals surface area contributed by atoms with Crippen molar-refractivity contribution in [2.24, 2.45) is 4.99 Å². The number of carbonyl (C=O) groups is 1. The number of rotatable bonds is 5. The Bertz CT molecular complexity index is 303. The second-order valence-corrected chi connectivity index (χ2v) is 4.52. The second-order valence-electron chi connectivity index (χ2n) is 3.66. The van der Waals surface area contributed by atoms with E-state index in [4.69, 9.17) is 0 Å². The highest BCUT2D eigenvalue weighted by Crippen LogP contribution is 2.10. The molecular weight excluding hydrogens is 278 g/mol. The average Bonchev–Trinajstić information content (AvgIpc) is 2.29. The van der Waals surface area contributed by atoms with E-state index in [0.29, 0.717) is 12.1 Å². The number of hydrogen-bond acceptors (Lipinski definition) is 2. The Balaban J connectivity index is 0. The molecule has 98 valence electrons. The van der Waals surface area contributed by atoms with Gasteiger partial charge >= 0.3 is 0 Å². The topological polar surface area (TPSA) is 29.4 Å². The summed E-state index contributed by atoms with van der Waals surface area (Å²) in [6.07, 6.45) is 4.48. The van der Waals surface area contributed by atoms with E-state index in [1.54, 1.807) is 0 Å². The van der Waals surface area contributed by atoms with Crippen molar-refractivity contribution >= 4 is 27.4 Å². The molecule has 0 heterocycles. The van der Waals surface area contributed by atoms with Crippen LogP contribution in [0.25, 0.3) is 0 Å². The maximum atomic E-state index is 11.3. The number of carbonyl (C=O) groups excluding carboxylic acids is 1. The van der Waals surface area contributed by atoms with Crippen molar-refractivity contribution in [2.45, 2.75) is 53.9 Å². The minimum atomic E-state index is 0.0169. The zero-order valence-electron chi connectivity index (χ0n) is 11.6. The maximum absolute atomic E-state index is 11.3. The van der Waals surface area contributed by atoms with Crippen LogP contribution in [-0.4, -0.2) is 11.5 Å². The van der Waals surface area contributed by atoms with E-state index in [1.807, 2.05) is 26.8 Å². The molecule has 0 aromatic carbocycles. The molecule has 0 unspecified atom stereocenters. The van der Waals surface area contributed by atoms with Crippen LogP contribution in [0.15, 0.2) is 27.8 Å². The Morgan fingerprint density at radius 1 is 1.35 bits per heavy atom. The lowest BCUT2D eigenvalue weighted by Crippen LogP contribution is -2.01. The number of allylic oxidation sites excluding steroid dienone is 3. The summed E-state index contributed by atoms with van der Waals surface area (Å²) in [7, 11) is 0. The quantitative estimate of drug-likeness (QED) is 0.516. The van der Waals surface area contributed by atoms with Gasteiger partial charge in [-0.2, -0.15) is 0 Å². The molecule has 0 bridgehead atoms. The number of hydrogen-bond donors (Lipinski definition) is 0. The van der Waals surface area contributed by atoms with Gasteiger partial charge < -0.3 is 0 Å². The number of halogens is 1. The van der Waals surface area contributed by atoms with Gasteiger partial charge in [-0.25, -0.2) is 4.99 Å². The Labute approximate surface area is 114 Å². The number of aliphatic imine (C=N–C) groups is 1. The summed E-state index contributed by atoms with van der Waals surface area (Å²) in [5.74, 6) is 0.0169. The molecule has 0 radical (unpaired) electrons. The predicted octanol–water partition coefficient (Wildman–Crippen LogP) is 5.05. The summed E-state index contributed by atoms with van der Waals surface area (Å²) in [6.45, 7) is 13.6. The monoisotopic (exact) mass is 301 g/mol. The van der Waals surface area contributed by atoms with Gasteiger partial charge in [-0.3, -0.25) is 4.79 Å². The van der Waals surface area contributed by atoms with Crippen molar-refractivity contribution in [3.05, 3.63) is 22.8 Å². The van der Waals surface area contributed by atoms with Gasteiger partial charge in [0.05, 0.1) is 11.4 Å².